The van der Waals surface area contributed by atoms with Gasteiger partial charge in [0.25, 0.3) is 0 Å². The molecule has 2 heteroatoms. The van der Waals surface area contributed by atoms with E-state index in [0.717, 1.165) is 25.7 Å². The van der Waals surface area contributed by atoms with Crippen LogP contribution in [0.15, 0.2) is 16.8 Å². The SMILES string of the molecule is O=C1CCC(CCc2ccsc2)C1. The van der Waals surface area contributed by atoms with E-state index in [4.69, 9.17) is 0 Å². The zero-order valence-electron chi connectivity index (χ0n) is 7.66. The average molecular weight is 194 g/mol. The number of aryl methyl sites for hydroxylation is 1. The van der Waals surface area contributed by atoms with Gasteiger partial charge in [0.2, 0.25) is 0 Å². The van der Waals surface area contributed by atoms with Crippen molar-refractivity contribution < 1.29 is 4.79 Å². The van der Waals surface area contributed by atoms with E-state index in [-0.39, 0.29) is 0 Å². The molecule has 2 rings (SSSR count). The van der Waals surface area contributed by atoms with E-state index in [1.807, 2.05) is 0 Å². The van der Waals surface area contributed by atoms with Gasteiger partial charge in [-0.2, -0.15) is 11.3 Å². The minimum absolute atomic E-state index is 0.468. The third kappa shape index (κ3) is 2.41. The number of hydrogen-bond donors (Lipinski definition) is 0. The van der Waals surface area contributed by atoms with Crippen LogP contribution in [0.5, 0.6) is 0 Å². The van der Waals surface area contributed by atoms with Gasteiger partial charge in [-0.25, -0.2) is 0 Å². The van der Waals surface area contributed by atoms with Crippen LogP contribution in [-0.2, 0) is 11.2 Å². The van der Waals surface area contributed by atoms with Gasteiger partial charge in [-0.3, -0.25) is 4.79 Å². The monoisotopic (exact) mass is 194 g/mol. The van der Waals surface area contributed by atoms with Crippen molar-refractivity contribution in [3.63, 3.8) is 0 Å². The highest BCUT2D eigenvalue weighted by atomic mass is 32.1. The number of ketones is 1. The Kier molecular flexibility index (Phi) is 2.79. The molecule has 1 nitrogen and oxygen atoms in total. The number of carbonyl (C=O) groups excluding carboxylic acids is 1. The number of Topliss-reactive ketones (excluding diaryl/α,β-unsaturated/α-hetero) is 1. The van der Waals surface area contributed by atoms with E-state index in [1.165, 1.54) is 12.0 Å². The molecule has 0 N–H and O–H groups in total. The summed E-state index contributed by atoms with van der Waals surface area (Å²) in [5.74, 6) is 1.14. The summed E-state index contributed by atoms with van der Waals surface area (Å²) in [6.45, 7) is 0. The van der Waals surface area contributed by atoms with Gasteiger partial charge in [0.05, 0.1) is 0 Å². The van der Waals surface area contributed by atoms with Gasteiger partial charge in [0.15, 0.2) is 0 Å². The summed E-state index contributed by atoms with van der Waals surface area (Å²) in [5.41, 5.74) is 1.43. The lowest BCUT2D eigenvalue weighted by molar-refractivity contribution is -0.117. The van der Waals surface area contributed by atoms with Crippen LogP contribution in [0.2, 0.25) is 0 Å². The fraction of sp³-hybridized carbons (Fsp3) is 0.545. The second-order valence-corrected chi connectivity index (χ2v) is 4.60. The third-order valence-electron chi connectivity index (χ3n) is 2.77. The van der Waals surface area contributed by atoms with Crippen molar-refractivity contribution in [3.05, 3.63) is 22.4 Å². The molecule has 0 spiro atoms. The van der Waals surface area contributed by atoms with Gasteiger partial charge in [-0.15, -0.1) is 0 Å². The molecule has 1 unspecified atom stereocenters. The summed E-state index contributed by atoms with van der Waals surface area (Å²) in [7, 11) is 0. The molecule has 1 aromatic rings. The molecule has 0 aliphatic heterocycles. The first-order chi connectivity index (χ1) is 6.34. The maximum absolute atomic E-state index is 11.0. The third-order valence-corrected chi connectivity index (χ3v) is 3.50. The standard InChI is InChI=1S/C11H14OS/c12-11-4-3-9(7-11)1-2-10-5-6-13-8-10/h5-6,8-9H,1-4,7H2. The van der Waals surface area contributed by atoms with E-state index in [2.05, 4.69) is 16.8 Å². The van der Waals surface area contributed by atoms with Crippen molar-refractivity contribution in [2.24, 2.45) is 5.92 Å². The van der Waals surface area contributed by atoms with Crippen molar-refractivity contribution in [1.29, 1.82) is 0 Å². The van der Waals surface area contributed by atoms with Crippen LogP contribution in [0.1, 0.15) is 31.2 Å². The molecule has 1 heterocycles. The van der Waals surface area contributed by atoms with E-state index in [1.54, 1.807) is 11.3 Å². The highest BCUT2D eigenvalue weighted by Crippen LogP contribution is 2.26. The largest absolute Gasteiger partial charge is 0.300 e. The lowest BCUT2D eigenvalue weighted by Gasteiger charge is -2.05. The van der Waals surface area contributed by atoms with Crippen molar-refractivity contribution in [2.45, 2.75) is 32.1 Å². The lowest BCUT2D eigenvalue weighted by atomic mass is 10.00. The molecule has 0 aromatic carbocycles. The molecule has 0 saturated heterocycles. The Balaban J connectivity index is 1.77. The molecule has 70 valence electrons. The quantitative estimate of drug-likeness (QED) is 0.722. The maximum Gasteiger partial charge on any atom is 0.133 e. The Morgan fingerprint density at radius 2 is 2.46 bits per heavy atom. The summed E-state index contributed by atoms with van der Waals surface area (Å²) in [4.78, 5) is 11.0. The fourth-order valence-corrected chi connectivity index (χ4v) is 2.65. The topological polar surface area (TPSA) is 17.1 Å². The average Bonchev–Trinajstić information content (AvgIpc) is 2.71. The first-order valence-electron chi connectivity index (χ1n) is 4.87. The predicted molar refractivity (Wildman–Crippen MR) is 55.0 cm³/mol. The number of hydrogen-bond acceptors (Lipinski definition) is 2. The van der Waals surface area contributed by atoms with E-state index in [9.17, 15) is 4.79 Å². The molecule has 0 amide bonds. The van der Waals surface area contributed by atoms with E-state index >= 15 is 0 Å². The van der Waals surface area contributed by atoms with Crippen LogP contribution in [0.4, 0.5) is 0 Å². The first-order valence-corrected chi connectivity index (χ1v) is 5.81. The van der Waals surface area contributed by atoms with Crippen molar-refractivity contribution in [3.8, 4) is 0 Å². The van der Waals surface area contributed by atoms with E-state index in [0.29, 0.717) is 11.7 Å². The van der Waals surface area contributed by atoms with Gasteiger partial charge in [0.1, 0.15) is 5.78 Å². The summed E-state index contributed by atoms with van der Waals surface area (Å²) < 4.78 is 0. The smallest absolute Gasteiger partial charge is 0.133 e. The molecular formula is C11H14OS. The summed E-state index contributed by atoms with van der Waals surface area (Å²) in [6, 6.07) is 2.18. The molecule has 1 aliphatic carbocycles. The number of rotatable bonds is 3. The normalized spacial score (nSPS) is 22.5. The second kappa shape index (κ2) is 4.05. The zero-order chi connectivity index (χ0) is 9.10. The zero-order valence-corrected chi connectivity index (χ0v) is 8.48. The Morgan fingerprint density at radius 3 is 3.08 bits per heavy atom. The van der Waals surface area contributed by atoms with Gasteiger partial charge < -0.3 is 0 Å². The molecule has 0 bridgehead atoms. The first kappa shape index (κ1) is 8.95. The second-order valence-electron chi connectivity index (χ2n) is 3.82. The fourth-order valence-electron chi connectivity index (χ4n) is 1.94. The summed E-state index contributed by atoms with van der Waals surface area (Å²) in [6.07, 6.45) is 5.14. The highest BCUT2D eigenvalue weighted by Gasteiger charge is 2.21. The molecule has 0 radical (unpaired) electrons. The summed E-state index contributed by atoms with van der Waals surface area (Å²) >= 11 is 1.76. The molecule has 1 saturated carbocycles. The molecule has 1 atom stereocenters. The Morgan fingerprint density at radius 1 is 1.54 bits per heavy atom. The van der Waals surface area contributed by atoms with E-state index < -0.39 is 0 Å². The van der Waals surface area contributed by atoms with Crippen LogP contribution in [0, 0.1) is 5.92 Å². The number of thiophene rings is 1. The number of carbonyl (C=O) groups is 1. The van der Waals surface area contributed by atoms with Crippen LogP contribution in [0.3, 0.4) is 0 Å². The maximum atomic E-state index is 11.0. The summed E-state index contributed by atoms with van der Waals surface area (Å²) in [5, 5.41) is 4.33. The Bertz CT molecular complexity index is 276. The van der Waals surface area contributed by atoms with Crippen LogP contribution >= 0.6 is 11.3 Å². The predicted octanol–water partition coefficient (Wildman–Crippen LogP) is 3.05. The molecule has 1 aromatic heterocycles. The van der Waals surface area contributed by atoms with Gasteiger partial charge in [0, 0.05) is 12.8 Å². The molecule has 1 fully saturated rings. The van der Waals surface area contributed by atoms with Crippen molar-refractivity contribution >= 4 is 17.1 Å². The van der Waals surface area contributed by atoms with Gasteiger partial charge in [-0.05, 0) is 47.6 Å². The minimum Gasteiger partial charge on any atom is -0.300 e. The Hall–Kier alpha value is -0.630. The van der Waals surface area contributed by atoms with Crippen molar-refractivity contribution in [1.82, 2.24) is 0 Å². The van der Waals surface area contributed by atoms with Crippen molar-refractivity contribution in [2.75, 3.05) is 0 Å². The highest BCUT2D eigenvalue weighted by molar-refractivity contribution is 7.07. The molecule has 1 aliphatic rings. The van der Waals surface area contributed by atoms with Crippen LogP contribution in [0.25, 0.3) is 0 Å². The van der Waals surface area contributed by atoms with Gasteiger partial charge >= 0.3 is 0 Å². The Labute approximate surface area is 82.8 Å². The molecular weight excluding hydrogens is 180 g/mol. The van der Waals surface area contributed by atoms with Crippen LogP contribution < -0.4 is 0 Å². The minimum atomic E-state index is 0.468. The molecule has 13 heavy (non-hydrogen) atoms. The van der Waals surface area contributed by atoms with Gasteiger partial charge in [-0.1, -0.05) is 0 Å². The lowest BCUT2D eigenvalue weighted by Crippen LogP contribution is -1.97. The van der Waals surface area contributed by atoms with Crippen LogP contribution in [-0.4, -0.2) is 5.78 Å².